The first kappa shape index (κ1) is 23.4. The topological polar surface area (TPSA) is 103 Å². The Morgan fingerprint density at radius 1 is 0.917 bits per heavy atom. The maximum Gasteiger partial charge on any atom is 0.272 e. The van der Waals surface area contributed by atoms with Gasteiger partial charge in [-0.05, 0) is 54.7 Å². The summed E-state index contributed by atoms with van der Waals surface area (Å²) in [5.74, 6) is 1.20. The van der Waals surface area contributed by atoms with Crippen LogP contribution in [0.25, 0.3) is 0 Å². The van der Waals surface area contributed by atoms with Crippen molar-refractivity contribution < 1.29 is 19.2 Å². The number of Topliss-reactive ketones (excluding diaryl/α,β-unsaturated/α-hetero) is 1. The number of nitrogens with zero attached hydrogens (tertiary/aromatic N) is 1. The fraction of sp³-hybridized carbons (Fsp3) is 0.250. The maximum atomic E-state index is 13.7. The van der Waals surface area contributed by atoms with Gasteiger partial charge in [-0.25, -0.2) is 0 Å². The van der Waals surface area contributed by atoms with Gasteiger partial charge in [0, 0.05) is 29.3 Å². The first-order chi connectivity index (χ1) is 17.4. The summed E-state index contributed by atoms with van der Waals surface area (Å²) in [6.45, 7) is 1.71. The molecule has 2 N–H and O–H groups in total. The molecule has 0 saturated carbocycles. The van der Waals surface area contributed by atoms with E-state index in [-0.39, 0.29) is 22.3 Å². The molecule has 1 aliphatic carbocycles. The van der Waals surface area contributed by atoms with E-state index in [1.165, 1.54) is 0 Å². The van der Waals surface area contributed by atoms with Gasteiger partial charge in [0.1, 0.15) is 0 Å². The van der Waals surface area contributed by atoms with Crippen LogP contribution in [-0.4, -0.2) is 24.9 Å². The average Bonchev–Trinajstić information content (AvgIpc) is 3.05. The van der Waals surface area contributed by atoms with Crippen molar-refractivity contribution in [1.29, 1.82) is 0 Å². The molecule has 0 unspecified atom stereocenters. The van der Waals surface area contributed by atoms with Crippen LogP contribution in [0.2, 0.25) is 0 Å². The second-order valence-corrected chi connectivity index (χ2v) is 9.09. The molecule has 36 heavy (non-hydrogen) atoms. The van der Waals surface area contributed by atoms with Gasteiger partial charge in [-0.15, -0.1) is 0 Å². The molecule has 5 rings (SSSR count). The van der Waals surface area contributed by atoms with Crippen LogP contribution in [0, 0.1) is 17.0 Å². The number of ether oxygens (including phenoxy) is 2. The number of benzene rings is 3. The Hall–Kier alpha value is -4.33. The number of nitro benzene ring substituents is 1. The highest BCUT2D eigenvalue weighted by atomic mass is 16.6. The van der Waals surface area contributed by atoms with Gasteiger partial charge >= 0.3 is 0 Å². The van der Waals surface area contributed by atoms with Crippen molar-refractivity contribution in [2.45, 2.75) is 31.7 Å². The fourth-order valence-electron chi connectivity index (χ4n) is 5.09. The van der Waals surface area contributed by atoms with Gasteiger partial charge in [-0.2, -0.15) is 0 Å². The van der Waals surface area contributed by atoms with E-state index < -0.39 is 6.04 Å². The minimum Gasteiger partial charge on any atom is -0.493 e. The van der Waals surface area contributed by atoms with Crippen molar-refractivity contribution in [3.05, 3.63) is 98.7 Å². The summed E-state index contributed by atoms with van der Waals surface area (Å²) in [6.07, 6.45) is 0.926. The number of carbonyl (C=O) groups is 1. The second kappa shape index (κ2) is 9.37. The fourth-order valence-corrected chi connectivity index (χ4v) is 5.09. The minimum atomic E-state index is -0.519. The minimum absolute atomic E-state index is 0.00271. The lowest BCUT2D eigenvalue weighted by Crippen LogP contribution is -2.27. The van der Waals surface area contributed by atoms with E-state index in [0.717, 1.165) is 22.6 Å². The zero-order chi connectivity index (χ0) is 25.4. The summed E-state index contributed by atoms with van der Waals surface area (Å²) in [7, 11) is 3.18. The van der Waals surface area contributed by atoms with E-state index in [4.69, 9.17) is 9.47 Å². The van der Waals surface area contributed by atoms with Crippen molar-refractivity contribution >= 4 is 22.8 Å². The van der Waals surface area contributed by atoms with Gasteiger partial charge in [-0.3, -0.25) is 14.9 Å². The molecule has 3 aromatic carbocycles. The SMILES string of the molecule is COc1ccc([C@@H]2CC(=O)C3=C(C2)Nc2ccccc2N[C@@H]3c2ccc(C)c([N+](=O)[O-])c2)cc1OC. The number of para-hydroxylation sites is 2. The van der Waals surface area contributed by atoms with E-state index in [2.05, 4.69) is 10.6 Å². The van der Waals surface area contributed by atoms with Crippen LogP contribution in [0.3, 0.4) is 0 Å². The van der Waals surface area contributed by atoms with Crippen LogP contribution < -0.4 is 20.1 Å². The first-order valence-corrected chi connectivity index (χ1v) is 11.7. The summed E-state index contributed by atoms with van der Waals surface area (Å²) >= 11 is 0. The summed E-state index contributed by atoms with van der Waals surface area (Å²) in [5, 5.41) is 18.6. The van der Waals surface area contributed by atoms with Gasteiger partial charge in [-0.1, -0.05) is 30.3 Å². The third-order valence-electron chi connectivity index (χ3n) is 6.95. The van der Waals surface area contributed by atoms with Crippen molar-refractivity contribution in [3.63, 3.8) is 0 Å². The number of nitro groups is 1. The van der Waals surface area contributed by atoms with Crippen LogP contribution in [-0.2, 0) is 4.79 Å². The molecule has 1 aliphatic heterocycles. The Bertz CT molecular complexity index is 1400. The Morgan fingerprint density at radius 3 is 2.36 bits per heavy atom. The Balaban J connectivity index is 1.60. The molecule has 0 fully saturated rings. The predicted molar refractivity (Wildman–Crippen MR) is 138 cm³/mol. The number of allylic oxidation sites excluding steroid dienone is 1. The zero-order valence-electron chi connectivity index (χ0n) is 20.3. The van der Waals surface area contributed by atoms with Gasteiger partial charge in [0.15, 0.2) is 17.3 Å². The summed E-state index contributed by atoms with van der Waals surface area (Å²) in [6, 6.07) is 18.1. The van der Waals surface area contributed by atoms with Crippen molar-refractivity contribution in [1.82, 2.24) is 0 Å². The number of aryl methyl sites for hydroxylation is 1. The monoisotopic (exact) mass is 485 g/mol. The Kier molecular flexibility index (Phi) is 6.10. The summed E-state index contributed by atoms with van der Waals surface area (Å²) in [5.41, 5.74) is 5.39. The summed E-state index contributed by atoms with van der Waals surface area (Å²) < 4.78 is 10.8. The van der Waals surface area contributed by atoms with Crippen LogP contribution >= 0.6 is 0 Å². The number of methoxy groups -OCH3 is 2. The molecule has 0 spiro atoms. The lowest BCUT2D eigenvalue weighted by atomic mass is 9.78. The largest absolute Gasteiger partial charge is 0.493 e. The average molecular weight is 486 g/mol. The first-order valence-electron chi connectivity index (χ1n) is 11.7. The van der Waals surface area contributed by atoms with Crippen molar-refractivity contribution in [2.24, 2.45) is 0 Å². The van der Waals surface area contributed by atoms with Gasteiger partial charge in [0.05, 0.1) is 36.6 Å². The lowest BCUT2D eigenvalue weighted by molar-refractivity contribution is -0.385. The number of nitrogens with one attached hydrogen (secondary N) is 2. The number of carbonyl (C=O) groups excluding carboxylic acids is 1. The van der Waals surface area contributed by atoms with E-state index >= 15 is 0 Å². The number of hydrogen-bond donors (Lipinski definition) is 2. The van der Waals surface area contributed by atoms with Gasteiger partial charge < -0.3 is 20.1 Å². The van der Waals surface area contributed by atoms with E-state index in [1.807, 2.05) is 48.5 Å². The Morgan fingerprint density at radius 2 is 1.64 bits per heavy atom. The van der Waals surface area contributed by atoms with E-state index in [0.29, 0.717) is 41.0 Å². The normalized spacial score (nSPS) is 18.8. The number of ketones is 1. The highest BCUT2D eigenvalue weighted by Gasteiger charge is 2.36. The van der Waals surface area contributed by atoms with Crippen LogP contribution in [0.5, 0.6) is 11.5 Å². The maximum absolute atomic E-state index is 13.7. The highest BCUT2D eigenvalue weighted by molar-refractivity contribution is 6.01. The van der Waals surface area contributed by atoms with Crippen molar-refractivity contribution in [3.8, 4) is 11.5 Å². The number of anilines is 2. The molecule has 2 atom stereocenters. The third kappa shape index (κ3) is 4.15. The summed E-state index contributed by atoms with van der Waals surface area (Å²) in [4.78, 5) is 25.0. The molecular weight excluding hydrogens is 458 g/mol. The molecule has 0 radical (unpaired) electrons. The second-order valence-electron chi connectivity index (χ2n) is 9.09. The lowest BCUT2D eigenvalue weighted by Gasteiger charge is -2.30. The standard InChI is InChI=1S/C28H27N3O5/c1-16-8-9-18(13-23(16)31(33)34)28-27-22(29-20-6-4-5-7-21(20)30-28)12-19(14-24(27)32)17-10-11-25(35-2)26(15-17)36-3/h4-11,13,15,19,28-30H,12,14H2,1-3H3/t19-,28+/m0/s1. The number of rotatable bonds is 5. The molecule has 8 nitrogen and oxygen atoms in total. The number of fused-ring (bicyclic) bond motifs is 1. The Labute approximate surface area is 209 Å². The van der Waals surface area contributed by atoms with Gasteiger partial charge in [0.25, 0.3) is 5.69 Å². The molecular formula is C28H27N3O5. The highest BCUT2D eigenvalue weighted by Crippen LogP contribution is 2.45. The molecule has 1 heterocycles. The molecule has 2 aliphatic rings. The third-order valence-corrected chi connectivity index (χ3v) is 6.95. The van der Waals surface area contributed by atoms with Crippen LogP contribution in [0.1, 0.15) is 41.5 Å². The zero-order valence-corrected chi connectivity index (χ0v) is 20.3. The molecule has 0 saturated heterocycles. The van der Waals surface area contributed by atoms with Gasteiger partial charge in [0.2, 0.25) is 0 Å². The number of hydrogen-bond acceptors (Lipinski definition) is 7. The quantitative estimate of drug-likeness (QED) is 0.343. The van der Waals surface area contributed by atoms with Crippen molar-refractivity contribution in [2.75, 3.05) is 24.9 Å². The molecule has 3 aromatic rings. The molecule has 0 aromatic heterocycles. The molecule has 8 heteroatoms. The van der Waals surface area contributed by atoms with Crippen LogP contribution in [0.15, 0.2) is 71.9 Å². The smallest absolute Gasteiger partial charge is 0.272 e. The predicted octanol–water partition coefficient (Wildman–Crippen LogP) is 5.90. The molecule has 0 amide bonds. The van der Waals surface area contributed by atoms with E-state index in [1.54, 1.807) is 33.3 Å². The van der Waals surface area contributed by atoms with E-state index in [9.17, 15) is 14.9 Å². The van der Waals surface area contributed by atoms with Crippen LogP contribution in [0.4, 0.5) is 17.1 Å². The molecule has 0 bridgehead atoms. The molecule has 184 valence electrons.